The van der Waals surface area contributed by atoms with E-state index in [1.165, 1.54) is 0 Å². The number of ether oxygens (including phenoxy) is 2. The van der Waals surface area contributed by atoms with Gasteiger partial charge in [-0.05, 0) is 38.5 Å². The van der Waals surface area contributed by atoms with Crippen LogP contribution in [0.25, 0.3) is 0 Å². The van der Waals surface area contributed by atoms with Crippen LogP contribution in [0.15, 0.2) is 0 Å². The first-order chi connectivity index (χ1) is 10.2. The van der Waals surface area contributed by atoms with E-state index in [4.69, 9.17) is 9.47 Å². The van der Waals surface area contributed by atoms with Crippen LogP contribution >= 0.6 is 0 Å². The van der Waals surface area contributed by atoms with E-state index in [-0.39, 0.29) is 30.5 Å². The summed E-state index contributed by atoms with van der Waals surface area (Å²) in [5.74, 6) is -0.557. The minimum atomic E-state index is -1.01. The van der Waals surface area contributed by atoms with Crippen molar-refractivity contribution in [1.82, 2.24) is 0 Å². The van der Waals surface area contributed by atoms with Crippen molar-refractivity contribution < 1.29 is 24.2 Å². The molecule has 0 rings (SSSR count). The van der Waals surface area contributed by atoms with E-state index in [1.54, 1.807) is 20.8 Å². The molecule has 0 aliphatic rings. The lowest BCUT2D eigenvalue weighted by atomic mass is 9.76. The van der Waals surface area contributed by atoms with Crippen molar-refractivity contribution in [2.45, 2.75) is 67.9 Å². The number of carbonyl (C=O) groups excluding carboxylic acids is 2. The number of carbonyl (C=O) groups is 2. The molecule has 0 bridgehead atoms. The number of hydrogen-bond donors (Lipinski definition) is 1. The molecule has 0 aromatic carbocycles. The van der Waals surface area contributed by atoms with E-state index in [0.717, 1.165) is 6.42 Å². The molecular formula is C18H34O5. The first-order valence-corrected chi connectivity index (χ1v) is 8.27. The number of aliphatic hydroxyl groups is 1. The Morgan fingerprint density at radius 3 is 1.83 bits per heavy atom. The summed E-state index contributed by atoms with van der Waals surface area (Å²) in [4.78, 5) is 23.9. The van der Waals surface area contributed by atoms with Crippen LogP contribution in [-0.2, 0) is 19.1 Å². The van der Waals surface area contributed by atoms with E-state index in [0.29, 0.717) is 5.92 Å². The van der Waals surface area contributed by atoms with Crippen molar-refractivity contribution in [3.63, 3.8) is 0 Å². The maximum Gasteiger partial charge on any atom is 0.311 e. The highest BCUT2D eigenvalue weighted by Crippen LogP contribution is 2.32. The van der Waals surface area contributed by atoms with Gasteiger partial charge in [0.1, 0.15) is 19.3 Å². The maximum atomic E-state index is 12.3. The van der Waals surface area contributed by atoms with Gasteiger partial charge in [0.05, 0.1) is 11.3 Å². The third-order valence-corrected chi connectivity index (χ3v) is 3.47. The highest BCUT2D eigenvalue weighted by Gasteiger charge is 2.33. The SMILES string of the molecule is CC(C)CC(C(=O)OCC(O)COC(=O)C(C)(C)C)C(C)(C)C. The van der Waals surface area contributed by atoms with E-state index < -0.39 is 17.5 Å². The predicted molar refractivity (Wildman–Crippen MR) is 89.8 cm³/mol. The van der Waals surface area contributed by atoms with Crippen molar-refractivity contribution in [1.29, 1.82) is 0 Å². The summed E-state index contributed by atoms with van der Waals surface area (Å²) in [6, 6.07) is 0. The molecular weight excluding hydrogens is 296 g/mol. The third-order valence-electron chi connectivity index (χ3n) is 3.47. The summed E-state index contributed by atoms with van der Waals surface area (Å²) in [6.45, 7) is 15.0. The van der Waals surface area contributed by atoms with E-state index in [2.05, 4.69) is 13.8 Å². The molecule has 0 saturated heterocycles. The largest absolute Gasteiger partial charge is 0.463 e. The van der Waals surface area contributed by atoms with Crippen LogP contribution in [0.2, 0.25) is 0 Å². The van der Waals surface area contributed by atoms with Gasteiger partial charge in [-0.3, -0.25) is 9.59 Å². The van der Waals surface area contributed by atoms with Gasteiger partial charge in [-0.1, -0.05) is 34.6 Å². The van der Waals surface area contributed by atoms with Crippen molar-refractivity contribution >= 4 is 11.9 Å². The second-order valence-corrected chi connectivity index (χ2v) is 8.68. The van der Waals surface area contributed by atoms with Crippen molar-refractivity contribution in [3.8, 4) is 0 Å². The van der Waals surface area contributed by atoms with Gasteiger partial charge in [0.15, 0.2) is 0 Å². The lowest BCUT2D eigenvalue weighted by Crippen LogP contribution is -2.34. The number of esters is 2. The first-order valence-electron chi connectivity index (χ1n) is 8.27. The molecule has 0 aromatic heterocycles. The summed E-state index contributed by atoms with van der Waals surface area (Å²) in [5.41, 5.74) is -0.823. The second kappa shape index (κ2) is 8.67. The second-order valence-electron chi connectivity index (χ2n) is 8.68. The van der Waals surface area contributed by atoms with Gasteiger partial charge in [0.25, 0.3) is 0 Å². The van der Waals surface area contributed by atoms with Crippen molar-refractivity contribution in [2.75, 3.05) is 13.2 Å². The number of hydrogen-bond acceptors (Lipinski definition) is 5. The molecule has 0 spiro atoms. The Bertz CT molecular complexity index is 387. The topological polar surface area (TPSA) is 72.8 Å². The molecule has 2 atom stereocenters. The molecule has 0 radical (unpaired) electrons. The Kier molecular flexibility index (Phi) is 8.25. The van der Waals surface area contributed by atoms with Crippen LogP contribution in [0, 0.1) is 22.7 Å². The minimum absolute atomic E-state index is 0.166. The fraction of sp³-hybridized carbons (Fsp3) is 0.889. The van der Waals surface area contributed by atoms with Gasteiger partial charge in [-0.2, -0.15) is 0 Å². The number of aliphatic hydroxyl groups excluding tert-OH is 1. The zero-order chi connectivity index (χ0) is 18.4. The van der Waals surface area contributed by atoms with Gasteiger partial charge in [-0.15, -0.1) is 0 Å². The molecule has 0 aliphatic heterocycles. The van der Waals surface area contributed by atoms with Crippen LogP contribution < -0.4 is 0 Å². The average Bonchev–Trinajstić information content (AvgIpc) is 2.36. The summed E-state index contributed by atoms with van der Waals surface area (Å²) in [5, 5.41) is 9.82. The minimum Gasteiger partial charge on any atom is -0.463 e. The van der Waals surface area contributed by atoms with E-state index in [9.17, 15) is 14.7 Å². The fourth-order valence-electron chi connectivity index (χ4n) is 1.99. The first kappa shape index (κ1) is 21.9. The summed E-state index contributed by atoms with van der Waals surface area (Å²) in [6.07, 6.45) is -0.276. The molecule has 2 unspecified atom stereocenters. The Morgan fingerprint density at radius 2 is 1.43 bits per heavy atom. The van der Waals surface area contributed by atoms with Gasteiger partial charge >= 0.3 is 11.9 Å². The van der Waals surface area contributed by atoms with Crippen molar-refractivity contribution in [2.24, 2.45) is 22.7 Å². The van der Waals surface area contributed by atoms with Crippen LogP contribution in [0.3, 0.4) is 0 Å². The Morgan fingerprint density at radius 1 is 0.957 bits per heavy atom. The molecule has 0 amide bonds. The zero-order valence-corrected chi connectivity index (χ0v) is 15.9. The summed E-state index contributed by atoms with van der Waals surface area (Å²) < 4.78 is 10.2. The van der Waals surface area contributed by atoms with Gasteiger partial charge < -0.3 is 14.6 Å². The standard InChI is InChI=1S/C18H34O5/c1-12(2)9-14(17(3,4)5)15(20)22-10-13(19)11-23-16(21)18(6,7)8/h12-14,19H,9-11H2,1-8H3. The number of rotatable bonds is 7. The Balaban J connectivity index is 4.42. The normalized spacial score (nSPS) is 15.2. The predicted octanol–water partition coefficient (Wildman–Crippen LogP) is 3.19. The smallest absolute Gasteiger partial charge is 0.311 e. The summed E-state index contributed by atoms with van der Waals surface area (Å²) in [7, 11) is 0. The lowest BCUT2D eigenvalue weighted by molar-refractivity contribution is -0.162. The molecule has 0 aromatic rings. The van der Waals surface area contributed by atoms with E-state index >= 15 is 0 Å². The van der Waals surface area contributed by atoms with E-state index in [1.807, 2.05) is 20.8 Å². The molecule has 0 heterocycles. The molecule has 136 valence electrons. The van der Waals surface area contributed by atoms with Crippen LogP contribution in [-0.4, -0.2) is 36.4 Å². The third kappa shape index (κ3) is 8.94. The maximum absolute atomic E-state index is 12.3. The lowest BCUT2D eigenvalue weighted by Gasteiger charge is -2.30. The average molecular weight is 330 g/mol. The summed E-state index contributed by atoms with van der Waals surface area (Å²) >= 11 is 0. The van der Waals surface area contributed by atoms with Crippen molar-refractivity contribution in [3.05, 3.63) is 0 Å². The zero-order valence-electron chi connectivity index (χ0n) is 15.9. The quantitative estimate of drug-likeness (QED) is 0.726. The molecule has 5 nitrogen and oxygen atoms in total. The fourth-order valence-corrected chi connectivity index (χ4v) is 1.99. The molecule has 23 heavy (non-hydrogen) atoms. The van der Waals surface area contributed by atoms with Gasteiger partial charge in [0.2, 0.25) is 0 Å². The molecule has 5 heteroatoms. The van der Waals surface area contributed by atoms with Gasteiger partial charge in [-0.25, -0.2) is 0 Å². The molecule has 0 fully saturated rings. The van der Waals surface area contributed by atoms with Crippen LogP contribution in [0.4, 0.5) is 0 Å². The molecule has 0 saturated carbocycles. The highest BCUT2D eigenvalue weighted by molar-refractivity contribution is 5.75. The van der Waals surface area contributed by atoms with Crippen LogP contribution in [0.5, 0.6) is 0 Å². The highest BCUT2D eigenvalue weighted by atomic mass is 16.6. The molecule has 1 N–H and O–H groups in total. The Hall–Kier alpha value is -1.10. The Labute approximate surface area is 140 Å². The van der Waals surface area contributed by atoms with Crippen LogP contribution in [0.1, 0.15) is 61.8 Å². The molecule has 0 aliphatic carbocycles. The monoisotopic (exact) mass is 330 g/mol. The van der Waals surface area contributed by atoms with Gasteiger partial charge in [0, 0.05) is 0 Å².